The van der Waals surface area contributed by atoms with E-state index in [1.807, 2.05) is 0 Å². The van der Waals surface area contributed by atoms with E-state index in [0.717, 1.165) is 6.42 Å². The first-order valence-corrected chi connectivity index (χ1v) is 14.3. The molecule has 0 amide bonds. The van der Waals surface area contributed by atoms with Crippen molar-refractivity contribution in [2.75, 3.05) is 0 Å². The Morgan fingerprint density at radius 2 is 1.12 bits per heavy atom. The SMILES string of the molecule is CCc1ccccc1P(C1=CC=CC1P(c1ccccc1)c1ccccc1)c1ccccc1. The minimum Gasteiger partial charge on any atom is -0.0721 e. The van der Waals surface area contributed by atoms with Crippen molar-refractivity contribution in [1.29, 1.82) is 0 Å². The standard InChI is InChI=1S/C31H28P2/c1-2-25-15-12-13-22-29(25)33(28-20-10-5-11-21-28)31-24-14-23-30(31)32(26-16-6-3-7-17-26)27-18-8-4-9-19-27/h3-24,30H,2H2,1H3. The molecule has 0 saturated carbocycles. The van der Waals surface area contributed by atoms with Gasteiger partial charge in [0, 0.05) is 5.66 Å². The highest BCUT2D eigenvalue weighted by atomic mass is 31.1. The van der Waals surface area contributed by atoms with E-state index in [4.69, 9.17) is 0 Å². The molecule has 0 N–H and O–H groups in total. The van der Waals surface area contributed by atoms with Gasteiger partial charge in [-0.15, -0.1) is 0 Å². The summed E-state index contributed by atoms with van der Waals surface area (Å²) in [6.07, 6.45) is 8.22. The summed E-state index contributed by atoms with van der Waals surface area (Å²) in [6.45, 7) is 2.27. The molecule has 4 aromatic rings. The average molecular weight is 463 g/mol. The third-order valence-electron chi connectivity index (χ3n) is 6.10. The minimum absolute atomic E-state index is 0.390. The second-order valence-corrected chi connectivity index (χ2v) is 12.6. The van der Waals surface area contributed by atoms with Crippen molar-refractivity contribution in [3.8, 4) is 0 Å². The fourth-order valence-electron chi connectivity index (χ4n) is 4.56. The first kappa shape index (κ1) is 22.0. The molecule has 162 valence electrons. The summed E-state index contributed by atoms with van der Waals surface area (Å²) in [6, 6.07) is 42.4. The summed E-state index contributed by atoms with van der Waals surface area (Å²) in [7, 11) is -1.17. The van der Waals surface area contributed by atoms with Gasteiger partial charge in [-0.2, -0.15) is 0 Å². The molecule has 0 fully saturated rings. The van der Waals surface area contributed by atoms with Crippen molar-refractivity contribution in [1.82, 2.24) is 0 Å². The number of benzene rings is 4. The fraction of sp³-hybridized carbons (Fsp3) is 0.0968. The number of aryl methyl sites for hydroxylation is 1. The lowest BCUT2D eigenvalue weighted by atomic mass is 10.2. The van der Waals surface area contributed by atoms with Crippen molar-refractivity contribution in [3.05, 3.63) is 144 Å². The van der Waals surface area contributed by atoms with Crippen LogP contribution in [0.15, 0.2) is 139 Å². The van der Waals surface area contributed by atoms with E-state index < -0.39 is 15.8 Å². The molecule has 0 aliphatic heterocycles. The quantitative estimate of drug-likeness (QED) is 0.270. The van der Waals surface area contributed by atoms with Gasteiger partial charge in [0.15, 0.2) is 0 Å². The second-order valence-electron chi connectivity index (χ2n) is 8.12. The highest BCUT2D eigenvalue weighted by Gasteiger charge is 2.33. The van der Waals surface area contributed by atoms with Crippen LogP contribution in [0.4, 0.5) is 0 Å². The molecule has 1 aliphatic rings. The van der Waals surface area contributed by atoms with Gasteiger partial charge >= 0.3 is 0 Å². The minimum atomic E-state index is -0.616. The van der Waals surface area contributed by atoms with Crippen molar-refractivity contribution >= 4 is 37.1 Å². The van der Waals surface area contributed by atoms with Gasteiger partial charge < -0.3 is 0 Å². The van der Waals surface area contributed by atoms with Crippen molar-refractivity contribution in [2.45, 2.75) is 19.0 Å². The van der Waals surface area contributed by atoms with Gasteiger partial charge in [-0.1, -0.05) is 140 Å². The number of hydrogen-bond acceptors (Lipinski definition) is 0. The van der Waals surface area contributed by atoms with Gasteiger partial charge in [-0.25, -0.2) is 0 Å². The summed E-state index contributed by atoms with van der Waals surface area (Å²) in [5, 5.41) is 7.37. The van der Waals surface area contributed by atoms with E-state index in [-0.39, 0.29) is 0 Å². The highest BCUT2D eigenvalue weighted by Crippen LogP contribution is 2.56. The molecule has 0 bridgehead atoms. The van der Waals surface area contributed by atoms with E-state index in [1.165, 1.54) is 26.8 Å². The Morgan fingerprint density at radius 3 is 1.70 bits per heavy atom. The van der Waals surface area contributed by atoms with Gasteiger partial charge in [0.2, 0.25) is 0 Å². The number of rotatable bonds is 7. The van der Waals surface area contributed by atoms with Crippen LogP contribution < -0.4 is 21.2 Å². The molecule has 0 nitrogen and oxygen atoms in total. The van der Waals surface area contributed by atoms with Gasteiger partial charge in [0.05, 0.1) is 0 Å². The topological polar surface area (TPSA) is 0 Å². The zero-order valence-electron chi connectivity index (χ0n) is 18.9. The lowest BCUT2D eigenvalue weighted by molar-refractivity contribution is 1.15. The van der Waals surface area contributed by atoms with Crippen LogP contribution in [-0.4, -0.2) is 5.66 Å². The maximum absolute atomic E-state index is 2.45. The normalized spacial score (nSPS) is 16.1. The van der Waals surface area contributed by atoms with Gasteiger partial charge in [0.1, 0.15) is 0 Å². The summed E-state index contributed by atoms with van der Waals surface area (Å²) in [5.74, 6) is 0. The molecule has 4 aromatic carbocycles. The largest absolute Gasteiger partial charge is 0.0721 e. The van der Waals surface area contributed by atoms with E-state index in [2.05, 4.69) is 140 Å². The van der Waals surface area contributed by atoms with Crippen LogP contribution in [0.1, 0.15) is 12.5 Å². The third-order valence-corrected chi connectivity index (χ3v) is 11.7. The Balaban J connectivity index is 1.66. The fourth-order valence-corrected chi connectivity index (χ4v) is 10.5. The molecule has 2 unspecified atom stereocenters. The molecule has 5 rings (SSSR count). The Labute approximate surface area is 200 Å². The summed E-state index contributed by atoms with van der Waals surface area (Å²) in [5.41, 5.74) is 1.85. The number of hydrogen-bond donors (Lipinski definition) is 0. The van der Waals surface area contributed by atoms with Gasteiger partial charge in [0.25, 0.3) is 0 Å². The summed E-state index contributed by atoms with van der Waals surface area (Å²) in [4.78, 5) is 0. The summed E-state index contributed by atoms with van der Waals surface area (Å²) < 4.78 is 0. The van der Waals surface area contributed by atoms with Crippen molar-refractivity contribution in [2.24, 2.45) is 0 Å². The molecule has 1 aliphatic carbocycles. The van der Waals surface area contributed by atoms with Crippen molar-refractivity contribution in [3.63, 3.8) is 0 Å². The van der Waals surface area contributed by atoms with E-state index in [1.54, 1.807) is 5.31 Å². The first-order valence-electron chi connectivity index (χ1n) is 11.6. The molecule has 0 heterocycles. The molecule has 0 aromatic heterocycles. The van der Waals surface area contributed by atoms with Crippen LogP contribution in [-0.2, 0) is 6.42 Å². The first-order chi connectivity index (χ1) is 16.4. The van der Waals surface area contributed by atoms with E-state index in [0.29, 0.717) is 5.66 Å². The summed E-state index contributed by atoms with van der Waals surface area (Å²) >= 11 is 0. The molecule has 0 saturated heterocycles. The molecule has 0 spiro atoms. The Bertz CT molecular complexity index is 1200. The Kier molecular flexibility index (Phi) is 6.97. The zero-order chi connectivity index (χ0) is 22.5. The molecule has 2 atom stereocenters. The molecule has 0 radical (unpaired) electrons. The van der Waals surface area contributed by atoms with Crippen LogP contribution in [0.2, 0.25) is 0 Å². The second kappa shape index (κ2) is 10.4. The van der Waals surface area contributed by atoms with Crippen molar-refractivity contribution < 1.29 is 0 Å². The third kappa shape index (κ3) is 4.65. The Morgan fingerprint density at radius 1 is 0.606 bits per heavy atom. The van der Waals surface area contributed by atoms with Crippen LogP contribution in [0.25, 0.3) is 0 Å². The monoisotopic (exact) mass is 462 g/mol. The van der Waals surface area contributed by atoms with Crippen LogP contribution in [0, 0.1) is 0 Å². The van der Waals surface area contributed by atoms with Gasteiger partial charge in [-0.05, 0) is 54.4 Å². The van der Waals surface area contributed by atoms with Crippen LogP contribution in [0.3, 0.4) is 0 Å². The predicted molar refractivity (Wildman–Crippen MR) is 149 cm³/mol. The van der Waals surface area contributed by atoms with E-state index >= 15 is 0 Å². The molecule has 2 heteroatoms. The maximum atomic E-state index is 2.45. The Hall–Kier alpha value is -2.78. The predicted octanol–water partition coefficient (Wildman–Crippen LogP) is 6.64. The lowest BCUT2D eigenvalue weighted by Crippen LogP contribution is -2.25. The molecule has 33 heavy (non-hydrogen) atoms. The maximum Gasteiger partial charge on any atom is 0.0315 e. The zero-order valence-corrected chi connectivity index (χ0v) is 20.7. The van der Waals surface area contributed by atoms with Crippen LogP contribution in [0.5, 0.6) is 0 Å². The van der Waals surface area contributed by atoms with Gasteiger partial charge in [-0.3, -0.25) is 0 Å². The molecular weight excluding hydrogens is 434 g/mol. The lowest BCUT2D eigenvalue weighted by Gasteiger charge is -2.32. The average Bonchev–Trinajstić information content (AvgIpc) is 3.35. The van der Waals surface area contributed by atoms with Crippen LogP contribution >= 0.6 is 15.8 Å². The molecular formula is C31H28P2. The number of allylic oxidation sites excluding steroid dienone is 4. The van der Waals surface area contributed by atoms with E-state index in [9.17, 15) is 0 Å². The smallest absolute Gasteiger partial charge is 0.0315 e. The highest BCUT2D eigenvalue weighted by molar-refractivity contribution is 7.80.